The minimum Gasteiger partial charge on any atom is -0.335 e. The lowest BCUT2D eigenvalue weighted by molar-refractivity contribution is 0.103. The lowest BCUT2D eigenvalue weighted by Crippen LogP contribution is -2.08. The topological polar surface area (TPSA) is 60.9 Å². The van der Waals surface area contributed by atoms with E-state index in [1.165, 1.54) is 12.5 Å². The van der Waals surface area contributed by atoms with E-state index in [9.17, 15) is 13.6 Å². The molecule has 1 heterocycles. The molecule has 6 heteroatoms. The number of rotatable bonds is 4. The number of halogens is 2. The maximum atomic E-state index is 13.4. The van der Waals surface area contributed by atoms with E-state index in [1.54, 1.807) is 4.57 Å². The standard InChI is InChI=1S/C12H11F2N3O/c13-8-1-2-9(10(14)5-8)12(18)11-6-17(4-3-15)7-16-11/h1-2,5-7H,3-4,15H2. The van der Waals surface area contributed by atoms with Gasteiger partial charge in [-0.2, -0.15) is 0 Å². The van der Waals surface area contributed by atoms with Crippen molar-refractivity contribution in [2.75, 3.05) is 6.54 Å². The second-order valence-electron chi connectivity index (χ2n) is 3.74. The van der Waals surface area contributed by atoms with Crippen molar-refractivity contribution in [3.05, 3.63) is 53.6 Å². The van der Waals surface area contributed by atoms with Crippen LogP contribution in [0.3, 0.4) is 0 Å². The first kappa shape index (κ1) is 12.4. The summed E-state index contributed by atoms with van der Waals surface area (Å²) in [6, 6.07) is 2.81. The predicted octanol–water partition coefficient (Wildman–Crippen LogP) is 1.35. The van der Waals surface area contributed by atoms with E-state index in [0.29, 0.717) is 19.2 Å². The van der Waals surface area contributed by atoms with Crippen LogP contribution in [0.5, 0.6) is 0 Å². The molecule has 0 bridgehead atoms. The van der Waals surface area contributed by atoms with E-state index in [1.807, 2.05) is 0 Å². The highest BCUT2D eigenvalue weighted by Gasteiger charge is 2.16. The molecule has 2 rings (SSSR count). The summed E-state index contributed by atoms with van der Waals surface area (Å²) in [5.74, 6) is -2.20. The van der Waals surface area contributed by atoms with Gasteiger partial charge in [0.15, 0.2) is 0 Å². The maximum absolute atomic E-state index is 13.4. The Morgan fingerprint density at radius 2 is 2.17 bits per heavy atom. The monoisotopic (exact) mass is 251 g/mol. The first-order valence-electron chi connectivity index (χ1n) is 5.33. The molecule has 2 N–H and O–H groups in total. The van der Waals surface area contributed by atoms with Crippen LogP contribution >= 0.6 is 0 Å². The Bertz CT molecular complexity index is 580. The molecule has 0 saturated carbocycles. The van der Waals surface area contributed by atoms with Crippen molar-refractivity contribution in [2.45, 2.75) is 6.54 Å². The van der Waals surface area contributed by atoms with Gasteiger partial charge in [0, 0.05) is 25.4 Å². The van der Waals surface area contributed by atoms with Gasteiger partial charge in [0.1, 0.15) is 17.3 Å². The van der Waals surface area contributed by atoms with Gasteiger partial charge in [-0.3, -0.25) is 4.79 Å². The molecule has 0 aliphatic heterocycles. The second kappa shape index (κ2) is 5.05. The Hall–Kier alpha value is -2.08. The molecule has 0 amide bonds. The summed E-state index contributed by atoms with van der Waals surface area (Å²) in [5, 5.41) is 0. The normalized spacial score (nSPS) is 10.6. The molecule has 0 fully saturated rings. The number of ketones is 1. The Morgan fingerprint density at radius 3 is 2.83 bits per heavy atom. The largest absolute Gasteiger partial charge is 0.335 e. The minimum atomic E-state index is -0.895. The van der Waals surface area contributed by atoms with Gasteiger partial charge < -0.3 is 10.3 Å². The van der Waals surface area contributed by atoms with Crippen LogP contribution in [-0.4, -0.2) is 21.9 Å². The summed E-state index contributed by atoms with van der Waals surface area (Å²) in [6.45, 7) is 0.932. The Morgan fingerprint density at radius 1 is 1.39 bits per heavy atom. The third kappa shape index (κ3) is 2.43. The van der Waals surface area contributed by atoms with Crippen LogP contribution < -0.4 is 5.73 Å². The van der Waals surface area contributed by atoms with Crippen LogP contribution in [0.2, 0.25) is 0 Å². The van der Waals surface area contributed by atoms with Crippen LogP contribution in [-0.2, 0) is 6.54 Å². The van der Waals surface area contributed by atoms with Crippen molar-refractivity contribution < 1.29 is 13.6 Å². The van der Waals surface area contributed by atoms with Gasteiger partial charge in [-0.1, -0.05) is 0 Å². The quantitative estimate of drug-likeness (QED) is 0.834. The zero-order chi connectivity index (χ0) is 13.1. The van der Waals surface area contributed by atoms with Gasteiger partial charge in [0.2, 0.25) is 5.78 Å². The highest BCUT2D eigenvalue weighted by atomic mass is 19.1. The van der Waals surface area contributed by atoms with Crippen molar-refractivity contribution in [3.63, 3.8) is 0 Å². The average Bonchev–Trinajstić information content (AvgIpc) is 2.77. The summed E-state index contributed by atoms with van der Waals surface area (Å²) in [7, 11) is 0. The van der Waals surface area contributed by atoms with E-state index < -0.39 is 17.4 Å². The van der Waals surface area contributed by atoms with E-state index in [2.05, 4.69) is 4.98 Å². The van der Waals surface area contributed by atoms with Gasteiger partial charge >= 0.3 is 0 Å². The smallest absolute Gasteiger partial charge is 0.215 e. The lowest BCUT2D eigenvalue weighted by atomic mass is 10.1. The van der Waals surface area contributed by atoms with Gasteiger partial charge in [-0.25, -0.2) is 13.8 Å². The highest BCUT2D eigenvalue weighted by Crippen LogP contribution is 2.13. The first-order chi connectivity index (χ1) is 8.61. The van der Waals surface area contributed by atoms with Gasteiger partial charge in [0.05, 0.1) is 11.9 Å². The van der Waals surface area contributed by atoms with Crippen molar-refractivity contribution in [2.24, 2.45) is 5.73 Å². The maximum Gasteiger partial charge on any atom is 0.215 e. The first-order valence-corrected chi connectivity index (χ1v) is 5.33. The summed E-state index contributed by atoms with van der Waals surface area (Å²) >= 11 is 0. The summed E-state index contributed by atoms with van der Waals surface area (Å²) < 4.78 is 27.8. The summed E-state index contributed by atoms with van der Waals surface area (Å²) in [5.41, 5.74) is 5.27. The molecule has 0 radical (unpaired) electrons. The van der Waals surface area contributed by atoms with Crippen molar-refractivity contribution in [1.82, 2.24) is 9.55 Å². The third-order valence-corrected chi connectivity index (χ3v) is 2.43. The number of nitrogens with zero attached hydrogens (tertiary/aromatic N) is 2. The Balaban J connectivity index is 2.29. The van der Waals surface area contributed by atoms with E-state index in [4.69, 9.17) is 5.73 Å². The zero-order valence-electron chi connectivity index (χ0n) is 9.44. The second-order valence-corrected chi connectivity index (χ2v) is 3.74. The molecule has 94 valence electrons. The SMILES string of the molecule is NCCn1cnc(C(=O)c2ccc(F)cc2F)c1. The van der Waals surface area contributed by atoms with Crippen LogP contribution in [0.1, 0.15) is 16.1 Å². The molecule has 18 heavy (non-hydrogen) atoms. The summed E-state index contributed by atoms with van der Waals surface area (Å²) in [6.07, 6.45) is 2.93. The number of benzene rings is 1. The molecule has 0 atom stereocenters. The molecule has 2 aromatic rings. The number of nitrogens with two attached hydrogens (primary N) is 1. The summed E-state index contributed by atoms with van der Waals surface area (Å²) in [4.78, 5) is 15.8. The van der Waals surface area contributed by atoms with Gasteiger partial charge in [-0.15, -0.1) is 0 Å². The van der Waals surface area contributed by atoms with Crippen LogP contribution in [0.4, 0.5) is 8.78 Å². The predicted molar refractivity (Wildman–Crippen MR) is 61.1 cm³/mol. The molecule has 0 aliphatic carbocycles. The number of carbonyl (C=O) groups is 1. The number of carbonyl (C=O) groups excluding carboxylic acids is 1. The van der Waals surface area contributed by atoms with Crippen molar-refractivity contribution in [3.8, 4) is 0 Å². The molecule has 1 aromatic carbocycles. The Labute approximate surface area is 102 Å². The van der Waals surface area contributed by atoms with E-state index in [-0.39, 0.29) is 11.3 Å². The lowest BCUT2D eigenvalue weighted by Gasteiger charge is -2.00. The van der Waals surface area contributed by atoms with Crippen LogP contribution in [0.15, 0.2) is 30.7 Å². The van der Waals surface area contributed by atoms with E-state index >= 15 is 0 Å². The Kier molecular flexibility index (Phi) is 3.47. The van der Waals surface area contributed by atoms with E-state index in [0.717, 1.165) is 12.1 Å². The number of imidazole rings is 1. The molecule has 1 aromatic heterocycles. The molecule has 4 nitrogen and oxygen atoms in total. The molecule has 0 unspecified atom stereocenters. The van der Waals surface area contributed by atoms with Gasteiger partial charge in [0.25, 0.3) is 0 Å². The van der Waals surface area contributed by atoms with Crippen LogP contribution in [0.25, 0.3) is 0 Å². The molecular formula is C12H11F2N3O. The minimum absolute atomic E-state index is 0.106. The fourth-order valence-corrected chi connectivity index (χ4v) is 1.56. The average molecular weight is 251 g/mol. The molecular weight excluding hydrogens is 240 g/mol. The highest BCUT2D eigenvalue weighted by molar-refractivity contribution is 6.07. The van der Waals surface area contributed by atoms with Crippen molar-refractivity contribution >= 4 is 5.78 Å². The number of hydrogen-bond acceptors (Lipinski definition) is 3. The molecule has 0 saturated heterocycles. The molecule has 0 spiro atoms. The number of hydrogen-bond donors (Lipinski definition) is 1. The fraction of sp³-hybridized carbons (Fsp3) is 0.167. The van der Waals surface area contributed by atoms with Gasteiger partial charge in [-0.05, 0) is 12.1 Å². The third-order valence-electron chi connectivity index (χ3n) is 2.43. The molecule has 0 aliphatic rings. The van der Waals surface area contributed by atoms with Crippen molar-refractivity contribution in [1.29, 1.82) is 0 Å². The fourth-order valence-electron chi connectivity index (χ4n) is 1.56. The number of aromatic nitrogens is 2. The van der Waals surface area contributed by atoms with Crippen LogP contribution in [0, 0.1) is 11.6 Å². The zero-order valence-corrected chi connectivity index (χ0v) is 9.44.